The first kappa shape index (κ1) is 21.0. The molecule has 0 saturated heterocycles. The molecule has 2 aliphatic rings. The van der Waals surface area contributed by atoms with Gasteiger partial charge in [-0.2, -0.15) is 0 Å². The van der Waals surface area contributed by atoms with Crippen LogP contribution >= 0.6 is 0 Å². The second-order valence-electron chi connectivity index (χ2n) is 8.47. The summed E-state index contributed by atoms with van der Waals surface area (Å²) in [5.41, 5.74) is 8.71. The minimum atomic E-state index is -0.457. The maximum Gasteiger partial charge on any atom is 0.334 e. The number of imidazole rings is 1. The van der Waals surface area contributed by atoms with Gasteiger partial charge in [-0.15, -0.1) is 0 Å². The molecule has 1 unspecified atom stereocenters. The molecule has 7 heteroatoms. The fourth-order valence-electron chi connectivity index (χ4n) is 4.59. The van der Waals surface area contributed by atoms with E-state index >= 15 is 4.39 Å². The van der Waals surface area contributed by atoms with Crippen LogP contribution in [0.15, 0.2) is 17.7 Å². The van der Waals surface area contributed by atoms with E-state index in [0.29, 0.717) is 47.0 Å². The number of rotatable bonds is 5. The van der Waals surface area contributed by atoms with Crippen molar-refractivity contribution in [3.05, 3.63) is 34.9 Å². The lowest BCUT2D eigenvalue weighted by molar-refractivity contribution is -0.138. The number of H-pyrrole nitrogens is 1. The summed E-state index contributed by atoms with van der Waals surface area (Å²) in [5, 5.41) is 0. The monoisotopic (exact) mass is 415 g/mol. The number of halogens is 1. The fraction of sp³-hybridized carbons (Fsp3) is 0.565. The zero-order valence-electron chi connectivity index (χ0n) is 17.7. The normalized spacial score (nSPS) is 23.6. The Balaban J connectivity index is 1.68. The number of nitrogens with one attached hydrogen (secondary N) is 1. The Morgan fingerprint density at radius 1 is 1.37 bits per heavy atom. The van der Waals surface area contributed by atoms with Crippen molar-refractivity contribution in [1.82, 2.24) is 9.97 Å². The standard InChI is InChI=1S/C23H30FN3O3/c1-3-30-23(28)16-10-11-29-12-17(16)15-8-9-18-21(19(15)24)27-22(26-18)20(25)14-6-4-13(2)5-7-14/h8-9,13-14,20H,3-7,10-12,25H2,1-2H3,(H,26,27). The molecule has 6 nitrogen and oxygen atoms in total. The summed E-state index contributed by atoms with van der Waals surface area (Å²) in [4.78, 5) is 20.1. The molecule has 30 heavy (non-hydrogen) atoms. The number of nitrogens with zero attached hydrogens (tertiary/aromatic N) is 1. The van der Waals surface area contributed by atoms with Gasteiger partial charge in [-0.25, -0.2) is 14.2 Å². The highest BCUT2D eigenvalue weighted by Crippen LogP contribution is 2.36. The Bertz CT molecular complexity index is 960. The van der Waals surface area contributed by atoms with Gasteiger partial charge in [0.05, 0.1) is 31.4 Å². The molecule has 2 heterocycles. The van der Waals surface area contributed by atoms with Gasteiger partial charge in [-0.3, -0.25) is 0 Å². The molecule has 0 amide bonds. The number of hydrogen-bond donors (Lipinski definition) is 2. The minimum absolute atomic E-state index is 0.174. The van der Waals surface area contributed by atoms with Crippen LogP contribution in [-0.4, -0.2) is 35.8 Å². The van der Waals surface area contributed by atoms with Gasteiger partial charge in [-0.1, -0.05) is 19.8 Å². The summed E-state index contributed by atoms with van der Waals surface area (Å²) < 4.78 is 26.2. The molecule has 1 fully saturated rings. The zero-order valence-corrected chi connectivity index (χ0v) is 17.7. The number of esters is 1. The predicted molar refractivity (Wildman–Crippen MR) is 113 cm³/mol. The average molecular weight is 416 g/mol. The van der Waals surface area contributed by atoms with Crippen molar-refractivity contribution in [2.45, 2.75) is 52.0 Å². The van der Waals surface area contributed by atoms with Crippen molar-refractivity contribution in [2.24, 2.45) is 17.6 Å². The molecule has 0 bridgehead atoms. The van der Waals surface area contributed by atoms with Gasteiger partial charge in [0.15, 0.2) is 5.82 Å². The molecule has 1 aromatic carbocycles. The number of carbonyl (C=O) groups is 1. The van der Waals surface area contributed by atoms with E-state index in [9.17, 15) is 4.79 Å². The molecule has 1 aromatic heterocycles. The van der Waals surface area contributed by atoms with Crippen LogP contribution in [0.4, 0.5) is 4.39 Å². The first-order valence-electron chi connectivity index (χ1n) is 10.9. The van der Waals surface area contributed by atoms with Gasteiger partial charge in [0.2, 0.25) is 0 Å². The van der Waals surface area contributed by atoms with Crippen LogP contribution in [0, 0.1) is 17.7 Å². The van der Waals surface area contributed by atoms with Gasteiger partial charge in [0.1, 0.15) is 11.3 Å². The number of aromatic amines is 1. The molecule has 3 N–H and O–H groups in total. The molecule has 1 aliphatic carbocycles. The number of hydrogen-bond acceptors (Lipinski definition) is 5. The van der Waals surface area contributed by atoms with E-state index in [1.807, 2.05) is 0 Å². The number of carbonyl (C=O) groups excluding carboxylic acids is 1. The zero-order chi connectivity index (χ0) is 21.3. The maximum atomic E-state index is 15.5. The van der Waals surface area contributed by atoms with E-state index in [1.54, 1.807) is 19.1 Å². The van der Waals surface area contributed by atoms with E-state index < -0.39 is 11.8 Å². The van der Waals surface area contributed by atoms with Gasteiger partial charge in [0.25, 0.3) is 0 Å². The van der Waals surface area contributed by atoms with E-state index in [0.717, 1.165) is 18.8 Å². The Kier molecular flexibility index (Phi) is 6.20. The van der Waals surface area contributed by atoms with Crippen LogP contribution < -0.4 is 5.73 Å². The summed E-state index contributed by atoms with van der Waals surface area (Å²) in [6.07, 6.45) is 4.88. The Labute approximate surface area is 176 Å². The molecule has 162 valence electrons. The van der Waals surface area contributed by atoms with Crippen molar-refractivity contribution in [2.75, 3.05) is 19.8 Å². The van der Waals surface area contributed by atoms with Crippen LogP contribution in [-0.2, 0) is 14.3 Å². The summed E-state index contributed by atoms with van der Waals surface area (Å²) in [6, 6.07) is 3.24. The van der Waals surface area contributed by atoms with Crippen molar-refractivity contribution in [3.63, 3.8) is 0 Å². The molecular formula is C23H30FN3O3. The molecule has 1 atom stereocenters. The number of ether oxygens (including phenoxy) is 2. The van der Waals surface area contributed by atoms with Gasteiger partial charge in [-0.05, 0) is 49.3 Å². The van der Waals surface area contributed by atoms with Crippen molar-refractivity contribution in [1.29, 1.82) is 0 Å². The van der Waals surface area contributed by atoms with Crippen molar-refractivity contribution < 1.29 is 18.7 Å². The smallest absolute Gasteiger partial charge is 0.334 e. The molecule has 1 saturated carbocycles. The predicted octanol–water partition coefficient (Wildman–Crippen LogP) is 4.27. The third-order valence-corrected chi connectivity index (χ3v) is 6.45. The number of fused-ring (bicyclic) bond motifs is 1. The Hall–Kier alpha value is -2.25. The van der Waals surface area contributed by atoms with E-state index in [2.05, 4.69) is 16.9 Å². The highest BCUT2D eigenvalue weighted by Gasteiger charge is 2.28. The molecular weight excluding hydrogens is 385 g/mol. The van der Waals surface area contributed by atoms with Gasteiger partial charge < -0.3 is 20.2 Å². The lowest BCUT2D eigenvalue weighted by Gasteiger charge is -2.29. The van der Waals surface area contributed by atoms with Crippen LogP contribution in [0.3, 0.4) is 0 Å². The Morgan fingerprint density at radius 2 is 2.13 bits per heavy atom. The maximum absolute atomic E-state index is 15.5. The highest BCUT2D eigenvalue weighted by atomic mass is 19.1. The van der Waals surface area contributed by atoms with E-state index in [1.165, 1.54) is 12.8 Å². The van der Waals surface area contributed by atoms with Crippen LogP contribution in [0.1, 0.15) is 63.4 Å². The quantitative estimate of drug-likeness (QED) is 0.712. The first-order valence-corrected chi connectivity index (χ1v) is 10.9. The van der Waals surface area contributed by atoms with Gasteiger partial charge >= 0.3 is 5.97 Å². The third kappa shape index (κ3) is 4.01. The molecule has 0 spiro atoms. The average Bonchev–Trinajstić information content (AvgIpc) is 3.20. The number of aromatic nitrogens is 2. The fourth-order valence-corrected chi connectivity index (χ4v) is 4.59. The SMILES string of the molecule is CCOC(=O)C1=C(c2ccc3[nH]c(C(N)C4CCC(C)CC4)nc3c2F)COCC1. The number of nitrogens with two attached hydrogens (primary N) is 1. The van der Waals surface area contributed by atoms with Crippen molar-refractivity contribution in [3.8, 4) is 0 Å². The summed E-state index contributed by atoms with van der Waals surface area (Å²) in [5.74, 6) is 0.853. The van der Waals surface area contributed by atoms with Crippen molar-refractivity contribution >= 4 is 22.6 Å². The molecule has 0 radical (unpaired) electrons. The number of benzene rings is 1. The summed E-state index contributed by atoms with van der Waals surface area (Å²) >= 11 is 0. The lowest BCUT2D eigenvalue weighted by atomic mass is 9.79. The summed E-state index contributed by atoms with van der Waals surface area (Å²) in [7, 11) is 0. The second-order valence-corrected chi connectivity index (χ2v) is 8.47. The minimum Gasteiger partial charge on any atom is -0.463 e. The van der Waals surface area contributed by atoms with Crippen LogP contribution in [0.5, 0.6) is 0 Å². The van der Waals surface area contributed by atoms with Crippen LogP contribution in [0.2, 0.25) is 0 Å². The second kappa shape index (κ2) is 8.86. The Morgan fingerprint density at radius 3 is 2.87 bits per heavy atom. The van der Waals surface area contributed by atoms with Crippen LogP contribution in [0.25, 0.3) is 16.6 Å². The lowest BCUT2D eigenvalue weighted by Crippen LogP contribution is -2.26. The largest absolute Gasteiger partial charge is 0.463 e. The van der Waals surface area contributed by atoms with E-state index in [4.69, 9.17) is 15.2 Å². The highest BCUT2D eigenvalue weighted by molar-refractivity contribution is 5.99. The molecule has 2 aromatic rings. The van der Waals surface area contributed by atoms with Gasteiger partial charge in [0, 0.05) is 17.6 Å². The van der Waals surface area contributed by atoms with E-state index in [-0.39, 0.29) is 24.8 Å². The summed E-state index contributed by atoms with van der Waals surface area (Å²) in [6.45, 7) is 4.90. The first-order chi connectivity index (χ1) is 14.5. The molecule has 1 aliphatic heterocycles. The third-order valence-electron chi connectivity index (χ3n) is 6.45. The topological polar surface area (TPSA) is 90.2 Å². The molecule has 4 rings (SSSR count).